The second-order valence-corrected chi connectivity index (χ2v) is 7.63. The van der Waals surface area contributed by atoms with E-state index in [-0.39, 0.29) is 18.1 Å². The highest BCUT2D eigenvalue weighted by atomic mass is 16.5. The van der Waals surface area contributed by atoms with Crippen molar-refractivity contribution < 1.29 is 14.3 Å². The molecule has 1 N–H and O–H groups in total. The Morgan fingerprint density at radius 1 is 1.15 bits per heavy atom. The maximum absolute atomic E-state index is 12.4. The zero-order valence-corrected chi connectivity index (χ0v) is 16.7. The van der Waals surface area contributed by atoms with Crippen molar-refractivity contribution >= 4 is 11.6 Å². The van der Waals surface area contributed by atoms with Crippen LogP contribution in [0.5, 0.6) is 11.5 Å². The first-order valence-corrected chi connectivity index (χ1v) is 9.77. The number of hydrogen-bond acceptors (Lipinski definition) is 3. The van der Waals surface area contributed by atoms with Crippen molar-refractivity contribution in [2.45, 2.75) is 59.0 Å². The minimum Gasteiger partial charge on any atom is -0.487 e. The van der Waals surface area contributed by atoms with Crippen molar-refractivity contribution in [1.82, 2.24) is 0 Å². The topological polar surface area (TPSA) is 47.6 Å². The van der Waals surface area contributed by atoms with Crippen LogP contribution in [-0.2, 0) is 24.1 Å². The SMILES string of the molecule is CCc1cccc(CC)c1NC(=O)COc1ccc2c(c1)OC(C)(C)CC2. The Bertz CT molecular complexity index is 804. The van der Waals surface area contributed by atoms with Crippen molar-refractivity contribution in [3.63, 3.8) is 0 Å². The first kappa shape index (κ1) is 19.3. The number of para-hydroxylation sites is 1. The molecule has 1 heterocycles. The summed E-state index contributed by atoms with van der Waals surface area (Å²) in [6, 6.07) is 12.0. The largest absolute Gasteiger partial charge is 0.487 e. The summed E-state index contributed by atoms with van der Waals surface area (Å²) in [6.45, 7) is 8.34. The lowest BCUT2D eigenvalue weighted by molar-refractivity contribution is -0.118. The van der Waals surface area contributed by atoms with Crippen LogP contribution in [0.3, 0.4) is 0 Å². The van der Waals surface area contributed by atoms with Gasteiger partial charge in [-0.15, -0.1) is 0 Å². The van der Waals surface area contributed by atoms with Crippen LogP contribution in [-0.4, -0.2) is 18.1 Å². The van der Waals surface area contributed by atoms with Gasteiger partial charge >= 0.3 is 0 Å². The third-order valence-corrected chi connectivity index (χ3v) is 5.05. The molecule has 4 nitrogen and oxygen atoms in total. The van der Waals surface area contributed by atoms with E-state index in [9.17, 15) is 4.79 Å². The average molecular weight is 367 g/mol. The van der Waals surface area contributed by atoms with Crippen molar-refractivity contribution in [1.29, 1.82) is 0 Å². The highest BCUT2D eigenvalue weighted by Gasteiger charge is 2.26. The summed E-state index contributed by atoms with van der Waals surface area (Å²) in [5.41, 5.74) is 4.24. The maximum Gasteiger partial charge on any atom is 0.262 e. The van der Waals surface area contributed by atoms with E-state index in [1.54, 1.807) is 0 Å². The molecule has 144 valence electrons. The molecule has 0 saturated carbocycles. The van der Waals surface area contributed by atoms with Gasteiger partial charge in [-0.1, -0.05) is 38.1 Å². The number of aryl methyl sites for hydroxylation is 3. The van der Waals surface area contributed by atoms with Crippen LogP contribution >= 0.6 is 0 Å². The molecule has 0 bridgehead atoms. The lowest BCUT2D eigenvalue weighted by Gasteiger charge is -2.32. The minimum absolute atomic E-state index is 0.0244. The minimum atomic E-state index is -0.163. The fourth-order valence-electron chi connectivity index (χ4n) is 3.44. The van der Waals surface area contributed by atoms with Crippen LogP contribution in [0.1, 0.15) is 50.8 Å². The summed E-state index contributed by atoms with van der Waals surface area (Å²) < 4.78 is 11.8. The van der Waals surface area contributed by atoms with E-state index in [1.165, 1.54) is 5.56 Å². The first-order valence-electron chi connectivity index (χ1n) is 9.77. The fourth-order valence-corrected chi connectivity index (χ4v) is 3.44. The zero-order valence-electron chi connectivity index (χ0n) is 16.7. The number of carbonyl (C=O) groups is 1. The van der Waals surface area contributed by atoms with E-state index in [0.29, 0.717) is 5.75 Å². The number of rotatable bonds is 6. The van der Waals surface area contributed by atoms with Crippen molar-refractivity contribution in [3.05, 3.63) is 53.1 Å². The lowest BCUT2D eigenvalue weighted by atomic mass is 9.94. The van der Waals surface area contributed by atoms with Gasteiger partial charge in [0.2, 0.25) is 0 Å². The Balaban J connectivity index is 1.65. The van der Waals surface area contributed by atoms with Gasteiger partial charge in [-0.25, -0.2) is 0 Å². The van der Waals surface area contributed by atoms with E-state index < -0.39 is 0 Å². The van der Waals surface area contributed by atoms with Gasteiger partial charge in [0, 0.05) is 11.8 Å². The molecule has 0 atom stereocenters. The molecule has 1 aliphatic rings. The summed E-state index contributed by atoms with van der Waals surface area (Å²) in [5, 5.41) is 3.03. The van der Waals surface area contributed by atoms with E-state index >= 15 is 0 Å². The molecule has 0 spiro atoms. The highest BCUT2D eigenvalue weighted by Crippen LogP contribution is 2.35. The summed E-state index contributed by atoms with van der Waals surface area (Å²) in [7, 11) is 0. The monoisotopic (exact) mass is 367 g/mol. The van der Waals surface area contributed by atoms with Gasteiger partial charge in [0.25, 0.3) is 5.91 Å². The summed E-state index contributed by atoms with van der Waals surface area (Å²) in [6.07, 6.45) is 3.75. The summed E-state index contributed by atoms with van der Waals surface area (Å²) in [5.74, 6) is 1.36. The number of carbonyl (C=O) groups excluding carboxylic acids is 1. The number of ether oxygens (including phenoxy) is 2. The second kappa shape index (κ2) is 8.03. The maximum atomic E-state index is 12.4. The molecule has 3 rings (SSSR count). The molecule has 0 unspecified atom stereocenters. The number of nitrogens with one attached hydrogen (secondary N) is 1. The number of anilines is 1. The molecule has 4 heteroatoms. The van der Waals surface area contributed by atoms with Crippen LogP contribution in [0.15, 0.2) is 36.4 Å². The molecular formula is C23H29NO3. The van der Waals surface area contributed by atoms with Crippen molar-refractivity contribution in [2.75, 3.05) is 11.9 Å². The van der Waals surface area contributed by atoms with E-state index in [0.717, 1.165) is 48.2 Å². The number of amides is 1. The predicted molar refractivity (Wildman–Crippen MR) is 109 cm³/mol. The third-order valence-electron chi connectivity index (χ3n) is 5.05. The lowest BCUT2D eigenvalue weighted by Crippen LogP contribution is -2.32. The molecule has 0 fully saturated rings. The molecule has 0 aliphatic carbocycles. The highest BCUT2D eigenvalue weighted by molar-refractivity contribution is 5.93. The summed E-state index contributed by atoms with van der Waals surface area (Å²) in [4.78, 5) is 12.4. The molecule has 0 aromatic heterocycles. The van der Waals surface area contributed by atoms with Gasteiger partial charge in [-0.05, 0) is 62.3 Å². The van der Waals surface area contributed by atoms with Crippen molar-refractivity contribution in [2.24, 2.45) is 0 Å². The van der Waals surface area contributed by atoms with Crippen LogP contribution in [0.4, 0.5) is 5.69 Å². The molecule has 0 saturated heterocycles. The van der Waals surface area contributed by atoms with Crippen LogP contribution < -0.4 is 14.8 Å². The molecule has 2 aromatic rings. The van der Waals surface area contributed by atoms with Gasteiger partial charge < -0.3 is 14.8 Å². The van der Waals surface area contributed by atoms with Gasteiger partial charge in [0.05, 0.1) is 0 Å². The summed E-state index contributed by atoms with van der Waals surface area (Å²) >= 11 is 0. The average Bonchev–Trinajstić information content (AvgIpc) is 2.65. The molecule has 0 radical (unpaired) electrons. The van der Waals surface area contributed by atoms with E-state index in [4.69, 9.17) is 9.47 Å². The Morgan fingerprint density at radius 3 is 2.52 bits per heavy atom. The fraction of sp³-hybridized carbons (Fsp3) is 0.435. The van der Waals surface area contributed by atoms with Gasteiger partial charge in [0.15, 0.2) is 6.61 Å². The van der Waals surface area contributed by atoms with Crippen LogP contribution in [0.25, 0.3) is 0 Å². The second-order valence-electron chi connectivity index (χ2n) is 7.63. The molecule has 2 aromatic carbocycles. The molecule has 1 aliphatic heterocycles. The van der Waals surface area contributed by atoms with E-state index in [2.05, 4.69) is 45.1 Å². The molecule has 27 heavy (non-hydrogen) atoms. The Hall–Kier alpha value is -2.49. The number of benzene rings is 2. The van der Waals surface area contributed by atoms with Gasteiger partial charge in [0.1, 0.15) is 17.1 Å². The molecule has 1 amide bonds. The van der Waals surface area contributed by atoms with E-state index in [1.807, 2.05) is 24.3 Å². The molecular weight excluding hydrogens is 338 g/mol. The predicted octanol–water partition coefficient (Wildman–Crippen LogP) is 4.93. The van der Waals surface area contributed by atoms with Gasteiger partial charge in [-0.2, -0.15) is 0 Å². The van der Waals surface area contributed by atoms with Crippen LogP contribution in [0, 0.1) is 0 Å². The number of fused-ring (bicyclic) bond motifs is 1. The third kappa shape index (κ3) is 4.62. The van der Waals surface area contributed by atoms with Crippen molar-refractivity contribution in [3.8, 4) is 11.5 Å². The van der Waals surface area contributed by atoms with Gasteiger partial charge in [-0.3, -0.25) is 4.79 Å². The Labute approximate surface area is 161 Å². The first-order chi connectivity index (χ1) is 12.9. The standard InChI is InChI=1S/C23H29NO3/c1-5-16-8-7-9-17(6-2)22(16)24-21(25)15-26-19-11-10-18-12-13-23(3,4)27-20(18)14-19/h7-11,14H,5-6,12-13,15H2,1-4H3,(H,24,25). The Kier molecular flexibility index (Phi) is 5.73. The normalized spacial score (nSPS) is 14.8. The zero-order chi connectivity index (χ0) is 19.4. The Morgan fingerprint density at radius 2 is 1.85 bits per heavy atom. The van der Waals surface area contributed by atoms with Crippen LogP contribution in [0.2, 0.25) is 0 Å². The number of hydrogen-bond donors (Lipinski definition) is 1. The smallest absolute Gasteiger partial charge is 0.262 e. The quantitative estimate of drug-likeness (QED) is 0.787.